The number of hydrogen-bond acceptors (Lipinski definition) is 3. The van der Waals surface area contributed by atoms with Gasteiger partial charge in [-0.15, -0.1) is 0 Å². The lowest BCUT2D eigenvalue weighted by molar-refractivity contribution is -0.136. The van der Waals surface area contributed by atoms with Crippen molar-refractivity contribution in [3.05, 3.63) is 70.5 Å². The van der Waals surface area contributed by atoms with Gasteiger partial charge >= 0.3 is 0 Å². The molecule has 7 heteroatoms. The van der Waals surface area contributed by atoms with Gasteiger partial charge in [-0.2, -0.15) is 0 Å². The number of Topliss-reactive ketones (excluding diaryl/α,β-unsaturated/α-hetero) is 1. The SMILES string of the molecule is CC(C)(C)N1C[C@@H](C(=O)C2CCCCC(c3ccc(F)cc3C(C(=O)N3CCC3)C3CC3)CCC2)[C@H](c2ccc(F)cc2F)C1. The minimum atomic E-state index is -0.603. The van der Waals surface area contributed by atoms with Crippen LogP contribution in [-0.4, -0.2) is 53.2 Å². The van der Waals surface area contributed by atoms with Gasteiger partial charge in [-0.25, -0.2) is 13.2 Å². The van der Waals surface area contributed by atoms with Gasteiger partial charge in [-0.05, 0) is 112 Å². The zero-order valence-electron chi connectivity index (χ0n) is 27.2. The number of ketones is 1. The third-order valence-electron chi connectivity index (χ3n) is 11.2. The second-order valence-corrected chi connectivity index (χ2v) is 15.2. The van der Waals surface area contributed by atoms with Crippen molar-refractivity contribution in [2.45, 2.75) is 108 Å². The molecule has 3 unspecified atom stereocenters. The standard InChI is InChI=1S/C38H49F3N2O2/c1-38(2,3)43-22-32(30-17-15-28(40)21-34(30)41)33(23-43)36(44)26-9-5-4-8-24(10-6-11-26)29-16-14-27(39)20-31(29)35(25-12-13-25)37(45)42-18-7-19-42/h14-17,20-21,24-26,32-33,35H,4-13,18-19,22-23H2,1-3H3/t24?,26?,32-,33+,35?/m0/s1. The summed E-state index contributed by atoms with van der Waals surface area (Å²) in [6.07, 6.45) is 9.28. The van der Waals surface area contributed by atoms with Gasteiger partial charge in [-0.1, -0.05) is 31.4 Å². The molecule has 2 aliphatic heterocycles. The Labute approximate surface area is 266 Å². The number of amides is 1. The summed E-state index contributed by atoms with van der Waals surface area (Å²) in [6.45, 7) is 9.11. The number of benzene rings is 2. The molecule has 4 aliphatic rings. The lowest BCUT2D eigenvalue weighted by Crippen LogP contribution is -2.45. The zero-order chi connectivity index (χ0) is 31.9. The molecule has 1 amide bonds. The predicted molar refractivity (Wildman–Crippen MR) is 171 cm³/mol. The number of likely N-dealkylation sites (tertiary alicyclic amines) is 2. The Balaban J connectivity index is 1.19. The van der Waals surface area contributed by atoms with Gasteiger partial charge in [0.25, 0.3) is 0 Å². The van der Waals surface area contributed by atoms with Crippen molar-refractivity contribution in [2.24, 2.45) is 17.8 Å². The van der Waals surface area contributed by atoms with E-state index in [1.807, 2.05) is 11.0 Å². The first-order chi connectivity index (χ1) is 21.5. The van der Waals surface area contributed by atoms with Gasteiger partial charge in [0.2, 0.25) is 5.91 Å². The quantitative estimate of drug-likeness (QED) is 0.312. The molecule has 45 heavy (non-hydrogen) atoms. The molecule has 6 rings (SSSR count). The number of halogens is 3. The summed E-state index contributed by atoms with van der Waals surface area (Å²) in [7, 11) is 0. The molecule has 5 atom stereocenters. The molecule has 0 N–H and O–H groups in total. The van der Waals surface area contributed by atoms with Gasteiger partial charge in [0.05, 0.1) is 5.92 Å². The van der Waals surface area contributed by atoms with Crippen LogP contribution in [0.4, 0.5) is 13.2 Å². The molecule has 0 spiro atoms. The maximum absolute atomic E-state index is 15.1. The largest absolute Gasteiger partial charge is 0.342 e. The van der Waals surface area contributed by atoms with Gasteiger partial charge in [0, 0.05) is 55.5 Å². The fourth-order valence-electron chi connectivity index (χ4n) is 8.27. The highest BCUT2D eigenvalue weighted by molar-refractivity contribution is 5.86. The normalized spacial score (nSPS) is 27.3. The minimum absolute atomic E-state index is 0.0976. The van der Waals surface area contributed by atoms with Crippen LogP contribution in [0.1, 0.15) is 119 Å². The highest BCUT2D eigenvalue weighted by atomic mass is 19.1. The molecular formula is C38H49F3N2O2. The minimum Gasteiger partial charge on any atom is -0.342 e. The Morgan fingerprint density at radius 2 is 1.42 bits per heavy atom. The average Bonchev–Trinajstić information content (AvgIpc) is 3.64. The molecule has 0 aromatic heterocycles. The first-order valence-electron chi connectivity index (χ1n) is 17.3. The number of carbonyl (C=O) groups is 2. The summed E-state index contributed by atoms with van der Waals surface area (Å²) in [5, 5.41) is 0. The molecule has 2 aromatic carbocycles. The highest BCUT2D eigenvalue weighted by Crippen LogP contribution is 2.48. The molecule has 4 nitrogen and oxygen atoms in total. The smallest absolute Gasteiger partial charge is 0.230 e. The van der Waals surface area contributed by atoms with E-state index in [2.05, 4.69) is 25.7 Å². The van der Waals surface area contributed by atoms with E-state index in [1.54, 1.807) is 12.1 Å². The maximum atomic E-state index is 15.1. The van der Waals surface area contributed by atoms with Crippen molar-refractivity contribution >= 4 is 11.7 Å². The Hall–Kier alpha value is -2.67. The van der Waals surface area contributed by atoms with Crippen LogP contribution in [0.25, 0.3) is 0 Å². The van der Waals surface area contributed by atoms with E-state index in [0.29, 0.717) is 24.6 Å². The molecule has 4 fully saturated rings. The third kappa shape index (κ3) is 7.03. The Bertz CT molecular complexity index is 1400. The van der Waals surface area contributed by atoms with Crippen LogP contribution in [0.3, 0.4) is 0 Å². The van der Waals surface area contributed by atoms with Gasteiger partial charge in [-0.3, -0.25) is 14.5 Å². The second kappa shape index (κ2) is 13.2. The van der Waals surface area contributed by atoms with Crippen molar-refractivity contribution in [3.8, 4) is 0 Å². The van der Waals surface area contributed by atoms with E-state index in [4.69, 9.17) is 0 Å². The number of carbonyl (C=O) groups excluding carboxylic acids is 2. The number of rotatable bonds is 7. The molecule has 2 saturated heterocycles. The monoisotopic (exact) mass is 622 g/mol. The summed E-state index contributed by atoms with van der Waals surface area (Å²) >= 11 is 0. The summed E-state index contributed by atoms with van der Waals surface area (Å²) in [6, 6.07) is 8.86. The summed E-state index contributed by atoms with van der Waals surface area (Å²) in [4.78, 5) is 32.0. The van der Waals surface area contributed by atoms with Crippen LogP contribution in [0.2, 0.25) is 0 Å². The van der Waals surface area contributed by atoms with Crippen LogP contribution in [-0.2, 0) is 9.59 Å². The lowest BCUT2D eigenvalue weighted by Gasteiger charge is -2.35. The van der Waals surface area contributed by atoms with Crippen LogP contribution in [0.5, 0.6) is 0 Å². The molecule has 2 saturated carbocycles. The molecule has 2 aliphatic carbocycles. The van der Waals surface area contributed by atoms with Crippen LogP contribution in [0.15, 0.2) is 36.4 Å². The molecule has 2 aromatic rings. The van der Waals surface area contributed by atoms with E-state index in [9.17, 15) is 18.4 Å². The van der Waals surface area contributed by atoms with Crippen LogP contribution >= 0.6 is 0 Å². The topological polar surface area (TPSA) is 40.6 Å². The van der Waals surface area contributed by atoms with E-state index in [-0.39, 0.29) is 52.6 Å². The lowest BCUT2D eigenvalue weighted by atomic mass is 9.78. The fourth-order valence-corrected chi connectivity index (χ4v) is 8.27. The van der Waals surface area contributed by atoms with E-state index < -0.39 is 11.6 Å². The Morgan fingerprint density at radius 1 is 0.778 bits per heavy atom. The summed E-state index contributed by atoms with van der Waals surface area (Å²) in [5.74, 6) is -1.54. The van der Waals surface area contributed by atoms with E-state index in [0.717, 1.165) is 94.5 Å². The van der Waals surface area contributed by atoms with Crippen molar-refractivity contribution in [1.82, 2.24) is 9.80 Å². The molecule has 0 bridgehead atoms. The van der Waals surface area contributed by atoms with E-state index in [1.165, 1.54) is 12.1 Å². The maximum Gasteiger partial charge on any atom is 0.230 e. The fraction of sp³-hybridized carbons (Fsp3) is 0.632. The molecular weight excluding hydrogens is 573 g/mol. The first-order valence-corrected chi connectivity index (χ1v) is 17.3. The van der Waals surface area contributed by atoms with Gasteiger partial charge in [0.1, 0.15) is 23.2 Å². The van der Waals surface area contributed by atoms with Crippen molar-refractivity contribution < 1.29 is 22.8 Å². The van der Waals surface area contributed by atoms with Crippen molar-refractivity contribution in [3.63, 3.8) is 0 Å². The predicted octanol–water partition coefficient (Wildman–Crippen LogP) is 8.36. The van der Waals surface area contributed by atoms with E-state index >= 15 is 4.39 Å². The number of hydrogen-bond donors (Lipinski definition) is 0. The third-order valence-corrected chi connectivity index (χ3v) is 11.2. The number of nitrogens with zero attached hydrogens (tertiary/aromatic N) is 2. The van der Waals surface area contributed by atoms with Crippen LogP contribution < -0.4 is 0 Å². The second-order valence-electron chi connectivity index (χ2n) is 15.2. The molecule has 0 radical (unpaired) electrons. The van der Waals surface area contributed by atoms with Gasteiger partial charge < -0.3 is 4.90 Å². The Morgan fingerprint density at radius 3 is 2.07 bits per heavy atom. The van der Waals surface area contributed by atoms with Crippen LogP contribution in [0, 0.1) is 35.2 Å². The molecule has 244 valence electrons. The summed E-state index contributed by atoms with van der Waals surface area (Å²) in [5.41, 5.74) is 2.28. The summed E-state index contributed by atoms with van der Waals surface area (Å²) < 4.78 is 43.6. The zero-order valence-corrected chi connectivity index (χ0v) is 27.2. The highest BCUT2D eigenvalue weighted by Gasteiger charge is 2.45. The van der Waals surface area contributed by atoms with Crippen molar-refractivity contribution in [2.75, 3.05) is 26.2 Å². The Kier molecular flexibility index (Phi) is 9.48. The molecule has 2 heterocycles. The first kappa shape index (κ1) is 32.3. The van der Waals surface area contributed by atoms with Gasteiger partial charge in [0.15, 0.2) is 0 Å². The van der Waals surface area contributed by atoms with Crippen molar-refractivity contribution in [1.29, 1.82) is 0 Å². The average molecular weight is 623 g/mol.